The van der Waals surface area contributed by atoms with Crippen LogP contribution < -0.4 is 5.56 Å². The first-order chi connectivity index (χ1) is 11.9. The minimum Gasteiger partial charge on any atom is -0.381 e. The highest BCUT2D eigenvalue weighted by molar-refractivity contribution is 5.03. The zero-order valence-electron chi connectivity index (χ0n) is 14.2. The molecule has 3 rings (SSSR count). The lowest BCUT2D eigenvalue weighted by Gasteiger charge is -2.35. The molecule has 2 fully saturated rings. The number of likely N-dealkylation sites (tertiary alicyclic amines) is 1. The van der Waals surface area contributed by atoms with E-state index in [1.54, 1.807) is 0 Å². The van der Waals surface area contributed by atoms with Gasteiger partial charge in [-0.1, -0.05) is 0 Å². The molecule has 0 radical (unpaired) electrons. The zero-order valence-corrected chi connectivity index (χ0v) is 14.2. The monoisotopic (exact) mass is 359 g/mol. The molecule has 0 spiro atoms. The SMILES string of the molecule is O=c1cc(C(F)(F)F)ncn1CC1CCN(CC2CCOCC2)CC1. The first-order valence-electron chi connectivity index (χ1n) is 8.85. The van der Waals surface area contributed by atoms with Crippen LogP contribution in [0.15, 0.2) is 17.2 Å². The van der Waals surface area contributed by atoms with Gasteiger partial charge in [-0.2, -0.15) is 13.2 Å². The molecule has 0 aromatic carbocycles. The largest absolute Gasteiger partial charge is 0.433 e. The van der Waals surface area contributed by atoms with Crippen LogP contribution in [0, 0.1) is 11.8 Å². The summed E-state index contributed by atoms with van der Waals surface area (Å²) in [6, 6.07) is 0.584. The Balaban J connectivity index is 1.49. The average Bonchev–Trinajstić information content (AvgIpc) is 2.58. The van der Waals surface area contributed by atoms with Gasteiger partial charge in [0.1, 0.15) is 0 Å². The molecule has 2 saturated heterocycles. The lowest BCUT2D eigenvalue weighted by molar-refractivity contribution is -0.141. The average molecular weight is 359 g/mol. The van der Waals surface area contributed by atoms with E-state index >= 15 is 0 Å². The van der Waals surface area contributed by atoms with E-state index in [1.165, 1.54) is 4.57 Å². The topological polar surface area (TPSA) is 47.4 Å². The van der Waals surface area contributed by atoms with Crippen LogP contribution in [-0.4, -0.2) is 47.3 Å². The summed E-state index contributed by atoms with van der Waals surface area (Å²) in [5.41, 5.74) is -1.76. The van der Waals surface area contributed by atoms with Gasteiger partial charge in [0.05, 0.1) is 6.33 Å². The summed E-state index contributed by atoms with van der Waals surface area (Å²) in [7, 11) is 0. The number of hydrogen-bond acceptors (Lipinski definition) is 4. The third kappa shape index (κ3) is 5.04. The second-order valence-corrected chi connectivity index (χ2v) is 7.06. The van der Waals surface area contributed by atoms with E-state index in [2.05, 4.69) is 9.88 Å². The lowest BCUT2D eigenvalue weighted by Crippen LogP contribution is -2.40. The van der Waals surface area contributed by atoms with Crippen molar-refractivity contribution < 1.29 is 17.9 Å². The van der Waals surface area contributed by atoms with Crippen LogP contribution in [0.1, 0.15) is 31.4 Å². The standard InChI is InChI=1S/C17H24F3N3O2/c18-17(19,20)15-9-16(24)23(12-21-15)11-13-1-5-22(6-2-13)10-14-3-7-25-8-4-14/h9,12-14H,1-8,10-11H2. The van der Waals surface area contributed by atoms with Crippen LogP contribution in [0.2, 0.25) is 0 Å². The summed E-state index contributed by atoms with van der Waals surface area (Å²) in [5.74, 6) is 1.01. The number of nitrogens with zero attached hydrogens (tertiary/aromatic N) is 3. The number of rotatable bonds is 4. The van der Waals surface area contributed by atoms with E-state index in [1.807, 2.05) is 0 Å². The molecule has 0 aliphatic carbocycles. The Labute approximate surface area is 144 Å². The van der Waals surface area contributed by atoms with Crippen molar-refractivity contribution in [3.8, 4) is 0 Å². The van der Waals surface area contributed by atoms with Gasteiger partial charge in [0.25, 0.3) is 5.56 Å². The van der Waals surface area contributed by atoms with Crippen LogP contribution in [0.4, 0.5) is 13.2 Å². The Morgan fingerprint density at radius 1 is 1.08 bits per heavy atom. The summed E-state index contributed by atoms with van der Waals surface area (Å²) in [5, 5.41) is 0. The highest BCUT2D eigenvalue weighted by atomic mass is 19.4. The molecule has 0 amide bonds. The Morgan fingerprint density at radius 3 is 2.32 bits per heavy atom. The highest BCUT2D eigenvalue weighted by Gasteiger charge is 2.33. The first-order valence-corrected chi connectivity index (χ1v) is 8.85. The van der Waals surface area contributed by atoms with E-state index < -0.39 is 17.4 Å². The van der Waals surface area contributed by atoms with Crippen molar-refractivity contribution in [3.05, 3.63) is 28.4 Å². The Hall–Kier alpha value is -1.41. The zero-order chi connectivity index (χ0) is 17.9. The van der Waals surface area contributed by atoms with Crippen molar-refractivity contribution >= 4 is 0 Å². The quantitative estimate of drug-likeness (QED) is 0.828. The minimum atomic E-state index is -4.58. The van der Waals surface area contributed by atoms with E-state index in [0.29, 0.717) is 24.4 Å². The van der Waals surface area contributed by atoms with Crippen molar-refractivity contribution in [2.45, 2.75) is 38.4 Å². The fourth-order valence-electron chi connectivity index (χ4n) is 3.64. The number of halogens is 3. The van der Waals surface area contributed by atoms with Gasteiger partial charge in [0.2, 0.25) is 0 Å². The van der Waals surface area contributed by atoms with E-state index in [9.17, 15) is 18.0 Å². The van der Waals surface area contributed by atoms with Gasteiger partial charge < -0.3 is 9.64 Å². The predicted octanol–water partition coefficient (Wildman–Crippen LogP) is 2.40. The fraction of sp³-hybridized carbons (Fsp3) is 0.765. The summed E-state index contributed by atoms with van der Waals surface area (Å²) in [6.45, 7) is 5.19. The third-order valence-electron chi connectivity index (χ3n) is 5.19. The second kappa shape index (κ2) is 7.86. The summed E-state index contributed by atoms with van der Waals surface area (Å²) in [4.78, 5) is 17.7. The van der Waals surface area contributed by atoms with Crippen molar-refractivity contribution in [1.29, 1.82) is 0 Å². The molecule has 0 N–H and O–H groups in total. The number of piperidine rings is 1. The summed E-state index contributed by atoms with van der Waals surface area (Å²) >= 11 is 0. The lowest BCUT2D eigenvalue weighted by atomic mass is 9.94. The van der Waals surface area contributed by atoms with E-state index in [0.717, 1.165) is 64.9 Å². The number of alkyl halides is 3. The maximum absolute atomic E-state index is 12.6. The molecule has 0 unspecified atom stereocenters. The van der Waals surface area contributed by atoms with Gasteiger partial charge in [-0.05, 0) is 50.6 Å². The second-order valence-electron chi connectivity index (χ2n) is 7.06. The first kappa shape index (κ1) is 18.4. The van der Waals surface area contributed by atoms with Gasteiger partial charge in [0.15, 0.2) is 5.69 Å². The van der Waals surface area contributed by atoms with Gasteiger partial charge in [-0.15, -0.1) is 0 Å². The fourth-order valence-corrected chi connectivity index (χ4v) is 3.64. The van der Waals surface area contributed by atoms with Crippen LogP contribution in [0.5, 0.6) is 0 Å². The molecule has 2 aliphatic rings. The molecule has 25 heavy (non-hydrogen) atoms. The molecule has 3 heterocycles. The van der Waals surface area contributed by atoms with E-state index in [4.69, 9.17) is 4.74 Å². The summed E-state index contributed by atoms with van der Waals surface area (Å²) in [6.07, 6.45) is 0.597. The van der Waals surface area contributed by atoms with Crippen LogP contribution in [0.3, 0.4) is 0 Å². The molecule has 8 heteroatoms. The molecule has 1 aromatic rings. The van der Waals surface area contributed by atoms with Gasteiger partial charge >= 0.3 is 6.18 Å². The Kier molecular flexibility index (Phi) is 5.78. The van der Waals surface area contributed by atoms with Gasteiger partial charge in [-0.3, -0.25) is 9.36 Å². The van der Waals surface area contributed by atoms with Gasteiger partial charge in [0, 0.05) is 32.4 Å². The number of aromatic nitrogens is 2. The number of ether oxygens (including phenoxy) is 1. The van der Waals surface area contributed by atoms with Crippen molar-refractivity contribution in [2.24, 2.45) is 11.8 Å². The molecule has 0 atom stereocenters. The molecular weight excluding hydrogens is 335 g/mol. The molecular formula is C17H24F3N3O2. The van der Waals surface area contributed by atoms with E-state index in [-0.39, 0.29) is 0 Å². The molecule has 2 aliphatic heterocycles. The molecule has 0 saturated carbocycles. The molecule has 0 bridgehead atoms. The van der Waals surface area contributed by atoms with Crippen molar-refractivity contribution in [2.75, 3.05) is 32.8 Å². The summed E-state index contributed by atoms with van der Waals surface area (Å²) < 4.78 is 44.4. The predicted molar refractivity (Wildman–Crippen MR) is 86.2 cm³/mol. The van der Waals surface area contributed by atoms with Crippen LogP contribution in [-0.2, 0) is 17.5 Å². The minimum absolute atomic E-state index is 0.308. The molecule has 140 valence electrons. The van der Waals surface area contributed by atoms with Gasteiger partial charge in [-0.25, -0.2) is 4.98 Å². The van der Waals surface area contributed by atoms with Crippen molar-refractivity contribution in [3.63, 3.8) is 0 Å². The smallest absolute Gasteiger partial charge is 0.381 e. The highest BCUT2D eigenvalue weighted by Crippen LogP contribution is 2.26. The Bertz CT molecular complexity index is 618. The molecule has 5 nitrogen and oxygen atoms in total. The van der Waals surface area contributed by atoms with Crippen LogP contribution >= 0.6 is 0 Å². The van der Waals surface area contributed by atoms with Crippen molar-refractivity contribution in [1.82, 2.24) is 14.5 Å². The normalized spacial score (nSPS) is 21.6. The Morgan fingerprint density at radius 2 is 1.72 bits per heavy atom. The van der Waals surface area contributed by atoms with Crippen LogP contribution in [0.25, 0.3) is 0 Å². The number of hydrogen-bond donors (Lipinski definition) is 0. The molecule has 1 aromatic heterocycles. The maximum Gasteiger partial charge on any atom is 0.433 e. The third-order valence-corrected chi connectivity index (χ3v) is 5.19. The maximum atomic E-state index is 12.6.